The van der Waals surface area contributed by atoms with E-state index in [0.717, 1.165) is 55.6 Å². The minimum absolute atomic E-state index is 0.706. The minimum atomic E-state index is 0.706. The molecule has 0 unspecified atom stereocenters. The number of benzene rings is 4. The van der Waals surface area contributed by atoms with Crippen molar-refractivity contribution in [2.75, 3.05) is 0 Å². The molecule has 0 fully saturated rings. The number of nitrogens with zero attached hydrogens (tertiary/aromatic N) is 4. The Kier molecular flexibility index (Phi) is 6.85. The van der Waals surface area contributed by atoms with Gasteiger partial charge in [0, 0.05) is 22.4 Å². The number of para-hydroxylation sites is 1. The SMILES string of the molecule is CC(=NN=c1sc(-c2ccccc2)nn1-c1ccccc1)c1c(C)[nH]c(-c2ccccc2)c1-c1ccccc1. The Bertz CT molecular complexity index is 1800. The lowest BCUT2D eigenvalue weighted by molar-refractivity contribution is 0.824. The van der Waals surface area contributed by atoms with Crippen molar-refractivity contribution in [2.45, 2.75) is 13.8 Å². The lowest BCUT2D eigenvalue weighted by atomic mass is 9.95. The van der Waals surface area contributed by atoms with Crippen molar-refractivity contribution in [3.63, 3.8) is 0 Å². The molecule has 6 aromatic rings. The summed E-state index contributed by atoms with van der Waals surface area (Å²) < 4.78 is 1.86. The minimum Gasteiger partial charge on any atom is -0.358 e. The molecular weight excluding hydrogens is 498 g/mol. The van der Waals surface area contributed by atoms with Gasteiger partial charge in [-0.05, 0) is 37.1 Å². The highest BCUT2D eigenvalue weighted by Gasteiger charge is 2.20. The molecule has 0 saturated carbocycles. The second-order valence-corrected chi connectivity index (χ2v) is 10.2. The number of rotatable bonds is 6. The summed E-state index contributed by atoms with van der Waals surface area (Å²) >= 11 is 1.52. The number of aromatic amines is 1. The zero-order valence-corrected chi connectivity index (χ0v) is 22.6. The van der Waals surface area contributed by atoms with Crippen LogP contribution in [0.15, 0.2) is 132 Å². The zero-order chi connectivity index (χ0) is 26.6. The molecule has 0 aliphatic heterocycles. The molecule has 1 N–H and O–H groups in total. The van der Waals surface area contributed by atoms with E-state index in [-0.39, 0.29) is 0 Å². The van der Waals surface area contributed by atoms with Crippen LogP contribution in [0.4, 0.5) is 0 Å². The van der Waals surface area contributed by atoms with Crippen molar-refractivity contribution < 1.29 is 0 Å². The highest BCUT2D eigenvalue weighted by Crippen LogP contribution is 2.37. The fourth-order valence-electron chi connectivity index (χ4n) is 4.74. The van der Waals surface area contributed by atoms with Crippen LogP contribution in [-0.4, -0.2) is 20.5 Å². The maximum atomic E-state index is 4.89. The van der Waals surface area contributed by atoms with E-state index in [2.05, 4.69) is 72.6 Å². The van der Waals surface area contributed by atoms with Gasteiger partial charge in [0.05, 0.1) is 17.1 Å². The first kappa shape index (κ1) is 24.5. The average Bonchev–Trinajstić information content (AvgIpc) is 3.59. The number of aromatic nitrogens is 3. The summed E-state index contributed by atoms with van der Waals surface area (Å²) in [6.07, 6.45) is 0. The van der Waals surface area contributed by atoms with Crippen LogP contribution in [0.2, 0.25) is 0 Å². The van der Waals surface area contributed by atoms with E-state index in [1.165, 1.54) is 11.3 Å². The monoisotopic (exact) mass is 525 g/mol. The van der Waals surface area contributed by atoms with Gasteiger partial charge in [0.15, 0.2) is 0 Å². The van der Waals surface area contributed by atoms with E-state index in [0.29, 0.717) is 4.80 Å². The molecule has 0 spiro atoms. The van der Waals surface area contributed by atoms with Crippen molar-refractivity contribution in [2.24, 2.45) is 10.2 Å². The van der Waals surface area contributed by atoms with Crippen LogP contribution in [0.25, 0.3) is 38.6 Å². The topological polar surface area (TPSA) is 58.3 Å². The summed E-state index contributed by atoms with van der Waals surface area (Å²) in [4.78, 5) is 4.34. The van der Waals surface area contributed by atoms with Crippen LogP contribution in [0, 0.1) is 6.92 Å². The molecule has 0 radical (unpaired) electrons. The van der Waals surface area contributed by atoms with Gasteiger partial charge in [0.25, 0.3) is 0 Å². The normalized spacial score (nSPS) is 12.2. The molecule has 39 heavy (non-hydrogen) atoms. The molecule has 0 saturated heterocycles. The maximum Gasteiger partial charge on any atom is 0.233 e. The lowest BCUT2D eigenvalue weighted by Crippen LogP contribution is -2.14. The van der Waals surface area contributed by atoms with Crippen LogP contribution < -0.4 is 4.80 Å². The van der Waals surface area contributed by atoms with Gasteiger partial charge in [-0.15, -0.1) is 5.10 Å². The Morgan fingerprint density at radius 2 is 1.26 bits per heavy atom. The van der Waals surface area contributed by atoms with E-state index in [1.807, 2.05) is 72.3 Å². The molecule has 0 bridgehead atoms. The van der Waals surface area contributed by atoms with Gasteiger partial charge in [-0.25, -0.2) is 4.68 Å². The Balaban J connectivity index is 1.51. The van der Waals surface area contributed by atoms with Crippen molar-refractivity contribution in [3.05, 3.63) is 137 Å². The second-order valence-electron chi connectivity index (χ2n) is 9.20. The van der Waals surface area contributed by atoms with Gasteiger partial charge in [0.2, 0.25) is 4.80 Å². The van der Waals surface area contributed by atoms with E-state index in [1.54, 1.807) is 0 Å². The largest absolute Gasteiger partial charge is 0.358 e. The van der Waals surface area contributed by atoms with Gasteiger partial charge in [-0.2, -0.15) is 10.2 Å². The fourth-order valence-corrected chi connectivity index (χ4v) is 5.60. The summed E-state index contributed by atoms with van der Waals surface area (Å²) in [5.41, 5.74) is 9.40. The van der Waals surface area contributed by atoms with Crippen LogP contribution in [0.3, 0.4) is 0 Å². The summed E-state index contributed by atoms with van der Waals surface area (Å²) in [7, 11) is 0. The molecule has 4 aromatic carbocycles. The Labute approximate surface area is 231 Å². The summed E-state index contributed by atoms with van der Waals surface area (Å²) in [6, 6.07) is 41.1. The number of aryl methyl sites for hydroxylation is 1. The molecule has 6 rings (SSSR count). The summed E-state index contributed by atoms with van der Waals surface area (Å²) in [5, 5.41) is 15.3. The third-order valence-electron chi connectivity index (χ3n) is 6.54. The summed E-state index contributed by atoms with van der Waals surface area (Å²) in [5.74, 6) is 0. The Morgan fingerprint density at radius 3 is 1.87 bits per heavy atom. The first-order valence-electron chi connectivity index (χ1n) is 12.8. The van der Waals surface area contributed by atoms with Crippen molar-refractivity contribution in [1.82, 2.24) is 14.8 Å². The van der Waals surface area contributed by atoms with Crippen LogP contribution in [-0.2, 0) is 0 Å². The highest BCUT2D eigenvalue weighted by molar-refractivity contribution is 7.12. The lowest BCUT2D eigenvalue weighted by Gasteiger charge is -2.08. The summed E-state index contributed by atoms with van der Waals surface area (Å²) in [6.45, 7) is 4.12. The maximum absolute atomic E-state index is 4.89. The van der Waals surface area contributed by atoms with Gasteiger partial charge in [-0.3, -0.25) is 0 Å². The average molecular weight is 526 g/mol. The van der Waals surface area contributed by atoms with Crippen molar-refractivity contribution in [3.8, 4) is 38.6 Å². The Morgan fingerprint density at radius 1 is 0.718 bits per heavy atom. The molecule has 5 nitrogen and oxygen atoms in total. The Hall–Kier alpha value is -4.81. The van der Waals surface area contributed by atoms with E-state index in [9.17, 15) is 0 Å². The van der Waals surface area contributed by atoms with E-state index in [4.69, 9.17) is 15.3 Å². The third kappa shape index (κ3) is 5.02. The predicted octanol–water partition coefficient (Wildman–Crippen LogP) is 7.90. The van der Waals surface area contributed by atoms with E-state index >= 15 is 0 Å². The quantitative estimate of drug-likeness (QED) is 0.174. The molecule has 2 aromatic heterocycles. The standard InChI is InChI=1S/C33H27N5S/c1-23-29(30(25-15-7-3-8-16-25)31(34-23)26-17-9-4-10-18-26)24(2)35-36-33-38(28-21-13-6-14-22-28)37-32(39-33)27-19-11-5-12-20-27/h3-22,34H,1-2H3. The highest BCUT2D eigenvalue weighted by atomic mass is 32.1. The molecule has 190 valence electrons. The van der Waals surface area contributed by atoms with Crippen molar-refractivity contribution >= 4 is 17.0 Å². The number of hydrogen-bond donors (Lipinski definition) is 1. The van der Waals surface area contributed by atoms with Crippen LogP contribution >= 0.6 is 11.3 Å². The third-order valence-corrected chi connectivity index (χ3v) is 7.49. The van der Waals surface area contributed by atoms with Gasteiger partial charge in [-0.1, -0.05) is 121 Å². The van der Waals surface area contributed by atoms with Crippen LogP contribution in [0.5, 0.6) is 0 Å². The second kappa shape index (κ2) is 10.9. The van der Waals surface area contributed by atoms with Crippen molar-refractivity contribution in [1.29, 1.82) is 0 Å². The molecule has 0 atom stereocenters. The number of H-pyrrole nitrogens is 1. The number of nitrogens with one attached hydrogen (secondary N) is 1. The first-order valence-corrected chi connectivity index (χ1v) is 13.6. The van der Waals surface area contributed by atoms with Gasteiger partial charge >= 0.3 is 0 Å². The molecule has 0 amide bonds. The zero-order valence-electron chi connectivity index (χ0n) is 21.7. The molecule has 6 heteroatoms. The first-order chi connectivity index (χ1) is 19.2. The molecule has 0 aliphatic carbocycles. The fraction of sp³-hybridized carbons (Fsp3) is 0.0606. The van der Waals surface area contributed by atoms with E-state index < -0.39 is 0 Å². The molecule has 0 aliphatic rings. The molecule has 2 heterocycles. The molecular formula is C33H27N5S. The van der Waals surface area contributed by atoms with Gasteiger partial charge in [0.1, 0.15) is 5.01 Å². The smallest absolute Gasteiger partial charge is 0.233 e. The predicted molar refractivity (Wildman–Crippen MR) is 161 cm³/mol. The van der Waals surface area contributed by atoms with Crippen LogP contribution in [0.1, 0.15) is 18.2 Å². The number of hydrogen-bond acceptors (Lipinski definition) is 4. The van der Waals surface area contributed by atoms with Gasteiger partial charge < -0.3 is 4.98 Å².